The molecular formula is C10H14O2. The molecule has 12 heavy (non-hydrogen) atoms. The average Bonchev–Trinajstić information content (AvgIpc) is 2.07. The third kappa shape index (κ3) is 0.717. The van der Waals surface area contributed by atoms with Crippen molar-refractivity contribution >= 4 is 5.78 Å². The summed E-state index contributed by atoms with van der Waals surface area (Å²) in [5.74, 6) is 1.96. The van der Waals surface area contributed by atoms with E-state index < -0.39 is 0 Å². The van der Waals surface area contributed by atoms with Crippen LogP contribution in [0.3, 0.4) is 0 Å². The second kappa shape index (κ2) is 2.11. The first-order valence-corrected chi connectivity index (χ1v) is 4.97. The number of rotatable bonds is 0. The Hall–Kier alpha value is -0.370. The van der Waals surface area contributed by atoms with E-state index in [-0.39, 0.29) is 12.0 Å². The standard InChI is InChI=1S/C10H14O2/c11-9-6-1-5-2-7(4-6)10(12)8(9)3-5/h5-9,11H,1-4H2/t5-,6-,7-,8-,9+/m1/s1. The van der Waals surface area contributed by atoms with Crippen LogP contribution in [0.15, 0.2) is 0 Å². The summed E-state index contributed by atoms with van der Waals surface area (Å²) in [6.45, 7) is 0. The Balaban J connectivity index is 1.98. The van der Waals surface area contributed by atoms with Crippen molar-refractivity contribution in [2.75, 3.05) is 0 Å². The molecule has 0 radical (unpaired) electrons. The molecule has 0 aromatic heterocycles. The maximum absolute atomic E-state index is 11.6. The van der Waals surface area contributed by atoms with Gasteiger partial charge in [0.05, 0.1) is 6.10 Å². The largest absolute Gasteiger partial charge is 0.392 e. The molecule has 0 aromatic carbocycles. The van der Waals surface area contributed by atoms with Crippen LogP contribution in [0.25, 0.3) is 0 Å². The molecule has 2 nitrogen and oxygen atoms in total. The topological polar surface area (TPSA) is 37.3 Å². The lowest BCUT2D eigenvalue weighted by Gasteiger charge is -2.51. The van der Waals surface area contributed by atoms with Crippen LogP contribution in [0, 0.1) is 23.7 Å². The summed E-state index contributed by atoms with van der Waals surface area (Å²) in [7, 11) is 0. The Morgan fingerprint density at radius 1 is 1.17 bits per heavy atom. The molecule has 4 aliphatic carbocycles. The maximum atomic E-state index is 11.6. The van der Waals surface area contributed by atoms with Gasteiger partial charge in [-0.25, -0.2) is 0 Å². The van der Waals surface area contributed by atoms with Gasteiger partial charge in [-0.3, -0.25) is 4.79 Å². The predicted molar refractivity (Wildman–Crippen MR) is 43.4 cm³/mol. The summed E-state index contributed by atoms with van der Waals surface area (Å²) in [5.41, 5.74) is 0. The van der Waals surface area contributed by atoms with Crippen LogP contribution >= 0.6 is 0 Å². The van der Waals surface area contributed by atoms with E-state index in [0.29, 0.717) is 17.6 Å². The van der Waals surface area contributed by atoms with Gasteiger partial charge in [0.2, 0.25) is 0 Å². The lowest BCUT2D eigenvalue weighted by atomic mass is 9.54. The van der Waals surface area contributed by atoms with Crippen LogP contribution in [-0.4, -0.2) is 17.0 Å². The minimum Gasteiger partial charge on any atom is -0.392 e. The van der Waals surface area contributed by atoms with Crippen LogP contribution in [0.1, 0.15) is 25.7 Å². The van der Waals surface area contributed by atoms with Gasteiger partial charge in [0.25, 0.3) is 0 Å². The van der Waals surface area contributed by atoms with Crippen molar-refractivity contribution in [2.24, 2.45) is 23.7 Å². The number of carbonyl (C=O) groups excluding carboxylic acids is 1. The van der Waals surface area contributed by atoms with Crippen molar-refractivity contribution in [1.82, 2.24) is 0 Å². The zero-order valence-electron chi connectivity index (χ0n) is 7.07. The zero-order chi connectivity index (χ0) is 8.29. The van der Waals surface area contributed by atoms with E-state index in [4.69, 9.17) is 0 Å². The molecule has 4 rings (SSSR count). The van der Waals surface area contributed by atoms with E-state index in [1.807, 2.05) is 0 Å². The summed E-state index contributed by atoms with van der Waals surface area (Å²) >= 11 is 0. The van der Waals surface area contributed by atoms with E-state index in [1.165, 1.54) is 6.42 Å². The number of aliphatic hydroxyl groups excluding tert-OH is 1. The molecule has 0 aromatic rings. The summed E-state index contributed by atoms with van der Waals surface area (Å²) in [6, 6.07) is 0. The SMILES string of the molecule is O=C1[C@@H]2C[C@H]3C[C@H](C2)[C@H](O)[C@H]1C3. The van der Waals surface area contributed by atoms with Crippen molar-refractivity contribution < 1.29 is 9.90 Å². The Kier molecular flexibility index (Phi) is 1.24. The number of carbonyl (C=O) groups is 1. The Morgan fingerprint density at radius 2 is 2.00 bits per heavy atom. The molecule has 0 amide bonds. The predicted octanol–water partition coefficient (Wildman–Crippen LogP) is 0.982. The smallest absolute Gasteiger partial charge is 0.141 e. The van der Waals surface area contributed by atoms with Crippen molar-refractivity contribution in [2.45, 2.75) is 31.8 Å². The highest BCUT2D eigenvalue weighted by atomic mass is 16.3. The van der Waals surface area contributed by atoms with Gasteiger partial charge in [0.15, 0.2) is 0 Å². The lowest BCUT2D eigenvalue weighted by molar-refractivity contribution is -0.154. The number of ketones is 1. The summed E-state index contributed by atoms with van der Waals surface area (Å²) in [5, 5.41) is 9.78. The highest BCUT2D eigenvalue weighted by molar-refractivity contribution is 5.86. The molecule has 66 valence electrons. The van der Waals surface area contributed by atoms with E-state index in [1.54, 1.807) is 0 Å². The molecule has 4 saturated carbocycles. The van der Waals surface area contributed by atoms with Gasteiger partial charge in [-0.1, -0.05) is 0 Å². The van der Waals surface area contributed by atoms with Gasteiger partial charge in [-0.05, 0) is 37.5 Å². The van der Waals surface area contributed by atoms with E-state index in [2.05, 4.69) is 0 Å². The number of aliphatic hydroxyl groups is 1. The summed E-state index contributed by atoms with van der Waals surface area (Å²) in [6.07, 6.45) is 3.98. The molecule has 0 heterocycles. The maximum Gasteiger partial charge on any atom is 0.141 e. The van der Waals surface area contributed by atoms with E-state index in [0.717, 1.165) is 25.2 Å². The highest BCUT2D eigenvalue weighted by Gasteiger charge is 2.52. The van der Waals surface area contributed by atoms with Crippen molar-refractivity contribution in [1.29, 1.82) is 0 Å². The Labute approximate surface area is 72.0 Å². The molecule has 4 bridgehead atoms. The zero-order valence-corrected chi connectivity index (χ0v) is 7.07. The van der Waals surface area contributed by atoms with Crippen LogP contribution in [-0.2, 0) is 4.79 Å². The van der Waals surface area contributed by atoms with Crippen LogP contribution in [0.4, 0.5) is 0 Å². The fourth-order valence-electron chi connectivity index (χ4n) is 3.60. The van der Waals surface area contributed by atoms with Crippen LogP contribution in [0.2, 0.25) is 0 Å². The second-order valence-electron chi connectivity index (χ2n) is 4.77. The van der Waals surface area contributed by atoms with Crippen LogP contribution < -0.4 is 0 Å². The first-order chi connectivity index (χ1) is 5.75. The molecule has 1 N–H and O–H groups in total. The van der Waals surface area contributed by atoms with Gasteiger partial charge in [-0.2, -0.15) is 0 Å². The van der Waals surface area contributed by atoms with Gasteiger partial charge < -0.3 is 5.11 Å². The minimum atomic E-state index is -0.287. The third-order valence-corrected chi connectivity index (χ3v) is 4.09. The molecule has 0 saturated heterocycles. The van der Waals surface area contributed by atoms with Gasteiger partial charge in [0, 0.05) is 11.8 Å². The fraction of sp³-hybridized carbons (Fsp3) is 0.900. The van der Waals surface area contributed by atoms with Gasteiger partial charge >= 0.3 is 0 Å². The monoisotopic (exact) mass is 166 g/mol. The molecule has 0 aliphatic heterocycles. The number of Topliss-reactive ketones (excluding diaryl/α,β-unsaturated/α-hetero) is 1. The van der Waals surface area contributed by atoms with Crippen molar-refractivity contribution in [3.63, 3.8) is 0 Å². The molecule has 4 fully saturated rings. The summed E-state index contributed by atoms with van der Waals surface area (Å²) in [4.78, 5) is 11.6. The molecule has 5 atom stereocenters. The number of hydrogen-bond donors (Lipinski definition) is 1. The molecule has 0 unspecified atom stereocenters. The van der Waals surface area contributed by atoms with Crippen molar-refractivity contribution in [3.05, 3.63) is 0 Å². The summed E-state index contributed by atoms with van der Waals surface area (Å²) < 4.78 is 0. The quantitative estimate of drug-likeness (QED) is 0.582. The Morgan fingerprint density at radius 3 is 2.83 bits per heavy atom. The molecule has 4 aliphatic rings. The fourth-order valence-corrected chi connectivity index (χ4v) is 3.60. The second-order valence-corrected chi connectivity index (χ2v) is 4.77. The first kappa shape index (κ1) is 7.07. The van der Waals surface area contributed by atoms with Crippen LogP contribution in [0.5, 0.6) is 0 Å². The highest BCUT2D eigenvalue weighted by Crippen LogP contribution is 2.51. The average molecular weight is 166 g/mol. The molecular weight excluding hydrogens is 152 g/mol. The van der Waals surface area contributed by atoms with Gasteiger partial charge in [-0.15, -0.1) is 0 Å². The first-order valence-electron chi connectivity index (χ1n) is 4.97. The minimum absolute atomic E-state index is 0.0289. The third-order valence-electron chi connectivity index (χ3n) is 4.09. The lowest BCUT2D eigenvalue weighted by Crippen LogP contribution is -2.53. The molecule has 2 heteroatoms. The molecule has 0 spiro atoms. The van der Waals surface area contributed by atoms with E-state index in [9.17, 15) is 9.90 Å². The van der Waals surface area contributed by atoms with Gasteiger partial charge in [0.1, 0.15) is 5.78 Å². The normalized spacial score (nSPS) is 56.4. The van der Waals surface area contributed by atoms with Crippen molar-refractivity contribution in [3.8, 4) is 0 Å². The Bertz CT molecular complexity index is 236. The number of hydrogen-bond acceptors (Lipinski definition) is 2. The van der Waals surface area contributed by atoms with E-state index >= 15 is 0 Å².